The Kier molecular flexibility index (Phi) is 7.15. The van der Waals surface area contributed by atoms with Gasteiger partial charge >= 0.3 is 12.0 Å². The van der Waals surface area contributed by atoms with Crippen molar-refractivity contribution in [2.24, 2.45) is 0 Å². The van der Waals surface area contributed by atoms with E-state index >= 15 is 0 Å². The molecule has 0 spiro atoms. The van der Waals surface area contributed by atoms with E-state index in [1.54, 1.807) is 37.4 Å². The number of hydrogen-bond donors (Lipinski definition) is 1. The molecule has 1 N–H and O–H groups in total. The Bertz CT molecular complexity index is 974. The lowest BCUT2D eigenvalue weighted by Gasteiger charge is -2.23. The highest BCUT2D eigenvalue weighted by atomic mass is 32.1. The molecule has 0 aliphatic carbocycles. The van der Waals surface area contributed by atoms with Gasteiger partial charge in [0, 0.05) is 43.0 Å². The van der Waals surface area contributed by atoms with Gasteiger partial charge in [0.2, 0.25) is 0 Å². The summed E-state index contributed by atoms with van der Waals surface area (Å²) in [5.74, 6) is -0.332. The number of nitrogens with one attached hydrogen (secondary N) is 1. The molecule has 3 rings (SSSR count). The molecule has 2 aromatic heterocycles. The van der Waals surface area contributed by atoms with Crippen LogP contribution in [0.3, 0.4) is 0 Å². The van der Waals surface area contributed by atoms with Gasteiger partial charge in [0.1, 0.15) is 4.88 Å². The number of anilines is 1. The van der Waals surface area contributed by atoms with Crippen LogP contribution in [0.15, 0.2) is 48.8 Å². The highest BCUT2D eigenvalue weighted by Gasteiger charge is 2.16. The second-order valence-electron chi connectivity index (χ2n) is 6.29. The van der Waals surface area contributed by atoms with Crippen LogP contribution in [0.2, 0.25) is 0 Å². The molecule has 1 aromatic carbocycles. The summed E-state index contributed by atoms with van der Waals surface area (Å²) in [6, 6.07) is 10.9. The van der Waals surface area contributed by atoms with Crippen LogP contribution in [0.25, 0.3) is 10.1 Å². The number of amides is 2. The van der Waals surface area contributed by atoms with Gasteiger partial charge in [-0.3, -0.25) is 4.98 Å². The number of thiophene rings is 1. The summed E-state index contributed by atoms with van der Waals surface area (Å²) >= 11 is 1.37. The van der Waals surface area contributed by atoms with Gasteiger partial charge < -0.3 is 19.7 Å². The quantitative estimate of drug-likeness (QED) is 0.561. The number of urea groups is 1. The van der Waals surface area contributed by atoms with Gasteiger partial charge in [-0.05, 0) is 48.2 Å². The maximum atomic E-state index is 12.8. The lowest BCUT2D eigenvalue weighted by molar-refractivity contribution is 0.0532. The zero-order valence-corrected chi connectivity index (χ0v) is 17.2. The summed E-state index contributed by atoms with van der Waals surface area (Å²) in [4.78, 5) is 31.1. The number of pyridine rings is 1. The van der Waals surface area contributed by atoms with Gasteiger partial charge in [-0.25, -0.2) is 9.59 Å². The van der Waals surface area contributed by atoms with E-state index < -0.39 is 0 Å². The number of hydrogen-bond acceptors (Lipinski definition) is 6. The average Bonchev–Trinajstić information content (AvgIpc) is 3.15. The Hall–Kier alpha value is -2.97. The lowest BCUT2D eigenvalue weighted by Crippen LogP contribution is -2.36. The number of carbonyl (C=O) groups excluding carboxylic acids is 2. The molecule has 29 heavy (non-hydrogen) atoms. The SMILES string of the molecule is CCOC(=O)c1cc2cc(NC(=O)N(CCOC)Cc3cccnc3)ccc2s1. The van der Waals surface area contributed by atoms with Crippen LogP contribution in [0.1, 0.15) is 22.2 Å². The second kappa shape index (κ2) is 9.99. The van der Waals surface area contributed by atoms with Gasteiger partial charge in [0.15, 0.2) is 0 Å². The van der Waals surface area contributed by atoms with Crippen molar-refractivity contribution in [1.82, 2.24) is 9.88 Å². The number of methoxy groups -OCH3 is 1. The number of aromatic nitrogens is 1. The summed E-state index contributed by atoms with van der Waals surface area (Å²) in [7, 11) is 1.60. The molecule has 0 unspecified atom stereocenters. The summed E-state index contributed by atoms with van der Waals surface area (Å²) in [5.41, 5.74) is 1.59. The summed E-state index contributed by atoms with van der Waals surface area (Å²) in [6.07, 6.45) is 3.44. The first kappa shape index (κ1) is 20.8. The highest BCUT2D eigenvalue weighted by molar-refractivity contribution is 7.20. The van der Waals surface area contributed by atoms with Crippen molar-refractivity contribution in [3.8, 4) is 0 Å². The molecular formula is C21H23N3O4S. The molecule has 0 saturated heterocycles. The van der Waals surface area contributed by atoms with Crippen molar-refractivity contribution in [3.63, 3.8) is 0 Å². The molecule has 0 aliphatic heterocycles. The van der Waals surface area contributed by atoms with Crippen LogP contribution in [0.4, 0.5) is 10.5 Å². The smallest absolute Gasteiger partial charge is 0.348 e. The minimum absolute atomic E-state index is 0.230. The average molecular weight is 413 g/mol. The van der Waals surface area contributed by atoms with Crippen LogP contribution >= 0.6 is 11.3 Å². The molecule has 7 nitrogen and oxygen atoms in total. The van der Waals surface area contributed by atoms with Crippen molar-refractivity contribution in [1.29, 1.82) is 0 Å². The van der Waals surface area contributed by atoms with Crippen molar-refractivity contribution in [2.75, 3.05) is 32.2 Å². The van der Waals surface area contributed by atoms with Crippen LogP contribution in [-0.4, -0.2) is 48.8 Å². The Morgan fingerprint density at radius 1 is 1.24 bits per heavy atom. The normalized spacial score (nSPS) is 10.7. The predicted octanol–water partition coefficient (Wildman–Crippen LogP) is 4.15. The van der Waals surface area contributed by atoms with E-state index in [1.807, 2.05) is 30.3 Å². The Morgan fingerprint density at radius 2 is 2.10 bits per heavy atom. The van der Waals surface area contributed by atoms with Gasteiger partial charge in [-0.2, -0.15) is 0 Å². The van der Waals surface area contributed by atoms with Gasteiger partial charge in [0.05, 0.1) is 13.2 Å². The van der Waals surface area contributed by atoms with Crippen LogP contribution in [-0.2, 0) is 16.0 Å². The Morgan fingerprint density at radius 3 is 2.83 bits per heavy atom. The number of benzene rings is 1. The Labute approximate surface area is 173 Å². The van der Waals surface area contributed by atoms with E-state index in [4.69, 9.17) is 9.47 Å². The van der Waals surface area contributed by atoms with E-state index in [0.29, 0.717) is 36.9 Å². The number of esters is 1. The van der Waals surface area contributed by atoms with E-state index in [9.17, 15) is 9.59 Å². The minimum Gasteiger partial charge on any atom is -0.462 e. The zero-order chi connectivity index (χ0) is 20.6. The molecular weight excluding hydrogens is 390 g/mol. The molecule has 8 heteroatoms. The number of nitrogens with zero attached hydrogens (tertiary/aromatic N) is 2. The van der Waals surface area contributed by atoms with E-state index in [0.717, 1.165) is 15.6 Å². The Balaban J connectivity index is 1.74. The number of rotatable bonds is 8. The standard InChI is InChI=1S/C21H23N3O4S/c1-3-28-20(25)19-12-16-11-17(6-7-18(16)29-19)23-21(26)24(9-10-27-2)14-15-5-4-8-22-13-15/h4-8,11-13H,3,9-10,14H2,1-2H3,(H,23,26). The first-order valence-electron chi connectivity index (χ1n) is 9.25. The van der Waals surface area contributed by atoms with Crippen LogP contribution < -0.4 is 5.32 Å². The second-order valence-corrected chi connectivity index (χ2v) is 7.37. The maximum absolute atomic E-state index is 12.8. The largest absolute Gasteiger partial charge is 0.462 e. The van der Waals surface area contributed by atoms with Crippen molar-refractivity contribution >= 4 is 39.1 Å². The van der Waals surface area contributed by atoms with Gasteiger partial charge in [-0.1, -0.05) is 6.07 Å². The highest BCUT2D eigenvalue weighted by Crippen LogP contribution is 2.29. The molecule has 0 radical (unpaired) electrons. The summed E-state index contributed by atoms with van der Waals surface area (Å²) < 4.78 is 11.1. The summed E-state index contributed by atoms with van der Waals surface area (Å²) in [6.45, 7) is 3.42. The number of ether oxygens (including phenoxy) is 2. The van der Waals surface area contributed by atoms with Crippen molar-refractivity contribution < 1.29 is 19.1 Å². The maximum Gasteiger partial charge on any atom is 0.348 e. The third-order valence-corrected chi connectivity index (χ3v) is 5.29. The van der Waals surface area contributed by atoms with Gasteiger partial charge in [0.25, 0.3) is 0 Å². The van der Waals surface area contributed by atoms with Crippen LogP contribution in [0, 0.1) is 0 Å². The molecule has 2 heterocycles. The first-order chi connectivity index (χ1) is 14.1. The van der Waals surface area contributed by atoms with Gasteiger partial charge in [-0.15, -0.1) is 11.3 Å². The molecule has 0 aliphatic rings. The molecule has 2 amide bonds. The van der Waals surface area contributed by atoms with E-state index in [1.165, 1.54) is 11.3 Å². The fourth-order valence-electron chi connectivity index (χ4n) is 2.79. The van der Waals surface area contributed by atoms with Crippen LogP contribution in [0.5, 0.6) is 0 Å². The molecule has 0 saturated carbocycles. The molecule has 0 atom stereocenters. The fraction of sp³-hybridized carbons (Fsp3) is 0.286. The van der Waals surface area contributed by atoms with E-state index in [-0.39, 0.29) is 12.0 Å². The molecule has 0 bridgehead atoms. The number of carbonyl (C=O) groups is 2. The third-order valence-electron chi connectivity index (χ3n) is 4.19. The summed E-state index contributed by atoms with van der Waals surface area (Å²) in [5, 5.41) is 3.81. The van der Waals surface area contributed by atoms with Crippen molar-refractivity contribution in [2.45, 2.75) is 13.5 Å². The number of fused-ring (bicyclic) bond motifs is 1. The molecule has 0 fully saturated rings. The lowest BCUT2D eigenvalue weighted by atomic mass is 10.2. The third kappa shape index (κ3) is 5.52. The minimum atomic E-state index is -0.332. The first-order valence-corrected chi connectivity index (χ1v) is 10.1. The zero-order valence-electron chi connectivity index (χ0n) is 16.4. The molecule has 3 aromatic rings. The molecule has 152 valence electrons. The van der Waals surface area contributed by atoms with E-state index in [2.05, 4.69) is 10.3 Å². The fourth-order valence-corrected chi connectivity index (χ4v) is 3.73. The topological polar surface area (TPSA) is 80.8 Å². The van der Waals surface area contributed by atoms with Crippen molar-refractivity contribution in [3.05, 3.63) is 59.2 Å². The predicted molar refractivity (Wildman–Crippen MR) is 113 cm³/mol. The monoisotopic (exact) mass is 413 g/mol.